The molecule has 2 aromatic heterocycles. The number of amides is 1. The third kappa shape index (κ3) is 3.43. The van der Waals surface area contributed by atoms with Gasteiger partial charge in [-0.15, -0.1) is 11.3 Å². The van der Waals surface area contributed by atoms with Gasteiger partial charge in [-0.05, 0) is 42.1 Å². The van der Waals surface area contributed by atoms with Gasteiger partial charge >= 0.3 is 0 Å². The Morgan fingerprint density at radius 2 is 2.09 bits per heavy atom. The molecule has 0 spiro atoms. The third-order valence-electron chi connectivity index (χ3n) is 3.42. The summed E-state index contributed by atoms with van der Waals surface area (Å²) in [6, 6.07) is 13.8. The molecule has 0 aliphatic heterocycles. The van der Waals surface area contributed by atoms with Gasteiger partial charge in [0.2, 0.25) is 5.91 Å². The van der Waals surface area contributed by atoms with Crippen LogP contribution in [-0.2, 0) is 11.2 Å². The van der Waals surface area contributed by atoms with Crippen molar-refractivity contribution in [3.63, 3.8) is 0 Å². The third-order valence-corrected chi connectivity index (χ3v) is 4.47. The topological polar surface area (TPSA) is 46.9 Å². The van der Waals surface area contributed by atoms with Crippen molar-refractivity contribution in [2.24, 2.45) is 0 Å². The maximum Gasteiger partial charge on any atom is 0.224 e. The van der Waals surface area contributed by atoms with Crippen LogP contribution < -0.4 is 5.32 Å². The number of benzene rings is 1. The van der Waals surface area contributed by atoms with E-state index in [2.05, 4.69) is 10.4 Å². The van der Waals surface area contributed by atoms with Crippen LogP contribution in [0.1, 0.15) is 23.4 Å². The molecule has 1 unspecified atom stereocenters. The first-order valence-electron chi connectivity index (χ1n) is 7.14. The molecule has 1 aromatic carbocycles. The zero-order valence-corrected chi connectivity index (χ0v) is 13.1. The molecular formula is C17H17N3OS. The molecule has 112 valence electrons. The molecule has 4 nitrogen and oxygen atoms in total. The minimum Gasteiger partial charge on any atom is -0.348 e. The normalized spacial score (nSPS) is 12.0. The van der Waals surface area contributed by atoms with Gasteiger partial charge in [0, 0.05) is 17.3 Å². The van der Waals surface area contributed by atoms with Crippen molar-refractivity contribution in [2.75, 3.05) is 0 Å². The van der Waals surface area contributed by atoms with Gasteiger partial charge in [-0.3, -0.25) is 4.79 Å². The fourth-order valence-electron chi connectivity index (χ4n) is 2.27. The first-order valence-corrected chi connectivity index (χ1v) is 8.02. The smallest absolute Gasteiger partial charge is 0.224 e. The summed E-state index contributed by atoms with van der Waals surface area (Å²) in [6.45, 7) is 2.00. The number of carbonyl (C=O) groups is 1. The molecule has 2 heterocycles. The van der Waals surface area contributed by atoms with E-state index in [1.807, 2.05) is 61.0 Å². The maximum atomic E-state index is 12.1. The number of carbonyl (C=O) groups excluding carboxylic acids is 1. The maximum absolute atomic E-state index is 12.1. The van der Waals surface area contributed by atoms with Crippen LogP contribution in [0.2, 0.25) is 0 Å². The molecule has 0 fully saturated rings. The molecule has 1 amide bonds. The van der Waals surface area contributed by atoms with E-state index in [1.165, 1.54) is 4.88 Å². The van der Waals surface area contributed by atoms with Crippen LogP contribution in [0, 0.1) is 0 Å². The SMILES string of the molecule is CC(NC(=O)Cc1ccc(-n2cccn2)cc1)c1cccs1. The first kappa shape index (κ1) is 14.5. The van der Waals surface area contributed by atoms with Gasteiger partial charge in [0.05, 0.1) is 18.2 Å². The average Bonchev–Trinajstić information content (AvgIpc) is 3.21. The molecule has 1 N–H and O–H groups in total. The minimum atomic E-state index is 0.0349. The molecule has 1 atom stereocenters. The van der Waals surface area contributed by atoms with Crippen molar-refractivity contribution in [3.05, 3.63) is 70.7 Å². The van der Waals surface area contributed by atoms with E-state index in [0.29, 0.717) is 6.42 Å². The van der Waals surface area contributed by atoms with Gasteiger partial charge in [0.15, 0.2) is 0 Å². The lowest BCUT2D eigenvalue weighted by molar-refractivity contribution is -0.121. The summed E-state index contributed by atoms with van der Waals surface area (Å²) in [5, 5.41) is 9.23. The summed E-state index contributed by atoms with van der Waals surface area (Å²) < 4.78 is 1.79. The molecule has 0 saturated heterocycles. The Bertz CT molecular complexity index is 718. The molecule has 0 aliphatic rings. The van der Waals surface area contributed by atoms with Crippen molar-refractivity contribution in [3.8, 4) is 5.69 Å². The second-order valence-corrected chi connectivity index (χ2v) is 6.08. The zero-order chi connectivity index (χ0) is 15.4. The lowest BCUT2D eigenvalue weighted by Gasteiger charge is -2.12. The Balaban J connectivity index is 1.60. The van der Waals surface area contributed by atoms with Crippen LogP contribution >= 0.6 is 11.3 Å². The number of aromatic nitrogens is 2. The molecule has 22 heavy (non-hydrogen) atoms. The number of thiophene rings is 1. The highest BCUT2D eigenvalue weighted by atomic mass is 32.1. The Kier molecular flexibility index (Phi) is 4.34. The van der Waals surface area contributed by atoms with Gasteiger partial charge in [-0.1, -0.05) is 18.2 Å². The first-order chi connectivity index (χ1) is 10.7. The molecular weight excluding hydrogens is 294 g/mol. The highest BCUT2D eigenvalue weighted by molar-refractivity contribution is 7.10. The lowest BCUT2D eigenvalue weighted by Crippen LogP contribution is -2.27. The average molecular weight is 311 g/mol. The van der Waals surface area contributed by atoms with Crippen molar-refractivity contribution in [1.29, 1.82) is 0 Å². The van der Waals surface area contributed by atoms with E-state index in [9.17, 15) is 4.79 Å². The number of rotatable bonds is 5. The standard InChI is InChI=1S/C17H17N3OS/c1-13(16-4-2-11-22-16)19-17(21)12-14-5-7-15(8-6-14)20-10-3-9-18-20/h2-11,13H,12H2,1H3,(H,19,21). The molecule has 5 heteroatoms. The van der Waals surface area contributed by atoms with Gasteiger partial charge in [-0.2, -0.15) is 5.10 Å². The Morgan fingerprint density at radius 1 is 1.27 bits per heavy atom. The summed E-state index contributed by atoms with van der Waals surface area (Å²) in [5.41, 5.74) is 1.98. The monoisotopic (exact) mass is 311 g/mol. The van der Waals surface area contributed by atoms with E-state index in [1.54, 1.807) is 22.2 Å². The quantitative estimate of drug-likeness (QED) is 0.785. The summed E-state index contributed by atoms with van der Waals surface area (Å²) in [7, 11) is 0. The Hall–Kier alpha value is -2.40. The van der Waals surface area contributed by atoms with Crippen LogP contribution in [0.15, 0.2) is 60.2 Å². The van der Waals surface area contributed by atoms with Crippen molar-refractivity contribution < 1.29 is 4.79 Å². The number of nitrogens with zero attached hydrogens (tertiary/aromatic N) is 2. The Morgan fingerprint density at radius 3 is 2.73 bits per heavy atom. The summed E-state index contributed by atoms with van der Waals surface area (Å²) in [6.07, 6.45) is 4.02. The van der Waals surface area contributed by atoms with Crippen molar-refractivity contribution in [1.82, 2.24) is 15.1 Å². The lowest BCUT2D eigenvalue weighted by atomic mass is 10.1. The largest absolute Gasteiger partial charge is 0.348 e. The van der Waals surface area contributed by atoms with E-state index in [4.69, 9.17) is 0 Å². The van der Waals surface area contributed by atoms with E-state index in [0.717, 1.165) is 11.3 Å². The van der Waals surface area contributed by atoms with E-state index in [-0.39, 0.29) is 11.9 Å². The number of hydrogen-bond donors (Lipinski definition) is 1. The molecule has 0 radical (unpaired) electrons. The van der Waals surface area contributed by atoms with E-state index >= 15 is 0 Å². The highest BCUT2D eigenvalue weighted by Crippen LogP contribution is 2.18. The van der Waals surface area contributed by atoms with Crippen LogP contribution in [0.25, 0.3) is 5.69 Å². The molecule has 0 aliphatic carbocycles. The van der Waals surface area contributed by atoms with E-state index < -0.39 is 0 Å². The Labute approximate surface area is 133 Å². The van der Waals surface area contributed by atoms with Crippen LogP contribution in [0.5, 0.6) is 0 Å². The second-order valence-electron chi connectivity index (χ2n) is 5.10. The van der Waals surface area contributed by atoms with Crippen molar-refractivity contribution in [2.45, 2.75) is 19.4 Å². The summed E-state index contributed by atoms with van der Waals surface area (Å²) >= 11 is 1.66. The molecule has 0 bridgehead atoms. The van der Waals surface area contributed by atoms with Gasteiger partial charge < -0.3 is 5.32 Å². The van der Waals surface area contributed by atoms with Gasteiger partial charge in [0.25, 0.3) is 0 Å². The van der Waals surface area contributed by atoms with Gasteiger partial charge in [0.1, 0.15) is 0 Å². The molecule has 3 rings (SSSR count). The van der Waals surface area contributed by atoms with Gasteiger partial charge in [-0.25, -0.2) is 4.68 Å². The van der Waals surface area contributed by atoms with Crippen LogP contribution in [-0.4, -0.2) is 15.7 Å². The number of hydrogen-bond acceptors (Lipinski definition) is 3. The second kappa shape index (κ2) is 6.58. The molecule has 0 saturated carbocycles. The highest BCUT2D eigenvalue weighted by Gasteiger charge is 2.10. The molecule has 3 aromatic rings. The predicted molar refractivity (Wildman–Crippen MR) is 88.1 cm³/mol. The van der Waals surface area contributed by atoms with Crippen LogP contribution in [0.4, 0.5) is 0 Å². The van der Waals surface area contributed by atoms with Crippen LogP contribution in [0.3, 0.4) is 0 Å². The minimum absolute atomic E-state index is 0.0349. The summed E-state index contributed by atoms with van der Waals surface area (Å²) in [4.78, 5) is 13.3. The fraction of sp³-hybridized carbons (Fsp3) is 0.176. The predicted octanol–water partition coefficient (Wildman–Crippen LogP) is 3.35. The zero-order valence-electron chi connectivity index (χ0n) is 12.3. The number of nitrogens with one attached hydrogen (secondary N) is 1. The van der Waals surface area contributed by atoms with Crippen molar-refractivity contribution >= 4 is 17.2 Å². The fourth-order valence-corrected chi connectivity index (χ4v) is 3.01. The summed E-state index contributed by atoms with van der Waals surface area (Å²) in [5.74, 6) is 0.0349.